The molecule has 0 bridgehead atoms. The van der Waals surface area contributed by atoms with Gasteiger partial charge in [0.15, 0.2) is 0 Å². The molecule has 0 saturated carbocycles. The van der Waals surface area contributed by atoms with E-state index in [4.69, 9.17) is 5.73 Å². The summed E-state index contributed by atoms with van der Waals surface area (Å²) in [4.78, 5) is 9.69. The molecule has 0 aliphatic rings. The number of nitrogens with two attached hydrogens (primary N) is 1. The summed E-state index contributed by atoms with van der Waals surface area (Å²) in [5, 5.41) is 10.6. The molecule has 0 saturated heterocycles. The minimum Gasteiger partial charge on any atom is -0.398 e. The van der Waals surface area contributed by atoms with Crippen LogP contribution in [0.4, 0.5) is 11.4 Å². The fourth-order valence-corrected chi connectivity index (χ4v) is 2.76. The minimum absolute atomic E-state index is 0.0172. The molecule has 1 aromatic rings. The Bertz CT molecular complexity index is 556. The average Bonchev–Trinajstić information content (AvgIpc) is 2.28. The number of hydrogen-bond donors (Lipinski definition) is 2. The largest absolute Gasteiger partial charge is 0.398 e. The minimum atomic E-state index is -3.84. The van der Waals surface area contributed by atoms with Crippen molar-refractivity contribution in [2.75, 3.05) is 5.73 Å². The van der Waals surface area contributed by atoms with Crippen LogP contribution < -0.4 is 10.5 Å². The number of hydrogen-bond acceptors (Lipinski definition) is 5. The maximum Gasteiger partial charge on any atom is 0.270 e. The maximum atomic E-state index is 12.0. The van der Waals surface area contributed by atoms with Crippen molar-refractivity contribution >= 4 is 21.4 Å². The van der Waals surface area contributed by atoms with Gasteiger partial charge in [-0.1, -0.05) is 6.92 Å². The molecule has 0 fully saturated rings. The summed E-state index contributed by atoms with van der Waals surface area (Å²) in [7, 11) is -3.84. The van der Waals surface area contributed by atoms with Crippen LogP contribution in [0.5, 0.6) is 0 Å². The summed E-state index contributed by atoms with van der Waals surface area (Å²) >= 11 is 0. The topological polar surface area (TPSA) is 115 Å². The van der Waals surface area contributed by atoms with Crippen LogP contribution >= 0.6 is 0 Å². The highest BCUT2D eigenvalue weighted by Gasteiger charge is 2.22. The van der Waals surface area contributed by atoms with Crippen molar-refractivity contribution in [3.8, 4) is 0 Å². The highest BCUT2D eigenvalue weighted by Crippen LogP contribution is 2.24. The third-order valence-electron chi connectivity index (χ3n) is 2.47. The van der Waals surface area contributed by atoms with Gasteiger partial charge in [-0.25, -0.2) is 13.1 Å². The van der Waals surface area contributed by atoms with Gasteiger partial charge in [-0.2, -0.15) is 0 Å². The van der Waals surface area contributed by atoms with Crippen molar-refractivity contribution in [2.45, 2.75) is 31.2 Å². The van der Waals surface area contributed by atoms with Crippen molar-refractivity contribution in [1.82, 2.24) is 4.72 Å². The van der Waals surface area contributed by atoms with Gasteiger partial charge in [0.05, 0.1) is 10.6 Å². The van der Waals surface area contributed by atoms with Crippen LogP contribution in [0.1, 0.15) is 20.3 Å². The van der Waals surface area contributed by atoms with Crippen molar-refractivity contribution in [3.63, 3.8) is 0 Å². The van der Waals surface area contributed by atoms with E-state index in [1.807, 2.05) is 6.92 Å². The third-order valence-corrected chi connectivity index (χ3v) is 4.11. The number of anilines is 1. The molecule has 100 valence electrons. The van der Waals surface area contributed by atoms with E-state index in [0.717, 1.165) is 12.1 Å². The Balaban J connectivity index is 3.23. The zero-order chi connectivity index (χ0) is 13.9. The average molecular weight is 273 g/mol. The predicted octanol–water partition coefficient (Wildman–Crippen LogP) is 1.25. The Morgan fingerprint density at radius 3 is 2.61 bits per heavy atom. The van der Waals surface area contributed by atoms with Gasteiger partial charge in [0, 0.05) is 18.2 Å². The number of nitrogens with zero attached hydrogens (tertiary/aromatic N) is 1. The second-order valence-electron chi connectivity index (χ2n) is 3.91. The number of nitro groups is 1. The SMILES string of the molecule is CCC(C)NS(=O)(=O)c1cc([N+](=O)[O-])ccc1N. The quantitative estimate of drug-likeness (QED) is 0.476. The molecule has 0 radical (unpaired) electrons. The second-order valence-corrected chi connectivity index (χ2v) is 5.59. The highest BCUT2D eigenvalue weighted by molar-refractivity contribution is 7.89. The van der Waals surface area contributed by atoms with Crippen LogP contribution in [0.2, 0.25) is 0 Å². The molecule has 0 spiro atoms. The number of nitrogen functional groups attached to an aromatic ring is 1. The molecule has 7 nitrogen and oxygen atoms in total. The van der Waals surface area contributed by atoms with Crippen LogP contribution in [-0.2, 0) is 10.0 Å². The van der Waals surface area contributed by atoms with Crippen LogP contribution in [-0.4, -0.2) is 19.4 Å². The lowest BCUT2D eigenvalue weighted by molar-refractivity contribution is -0.385. The first-order valence-corrected chi connectivity index (χ1v) is 6.82. The van der Waals surface area contributed by atoms with Gasteiger partial charge in [0.1, 0.15) is 4.90 Å². The molecule has 8 heteroatoms. The summed E-state index contributed by atoms with van der Waals surface area (Å²) in [5.41, 5.74) is 5.22. The number of nitrogens with one attached hydrogen (secondary N) is 1. The van der Waals surface area contributed by atoms with Crippen molar-refractivity contribution in [1.29, 1.82) is 0 Å². The third kappa shape index (κ3) is 3.17. The zero-order valence-electron chi connectivity index (χ0n) is 10.1. The van der Waals surface area contributed by atoms with E-state index in [1.165, 1.54) is 6.07 Å². The number of benzene rings is 1. The van der Waals surface area contributed by atoms with Gasteiger partial charge in [-0.05, 0) is 19.4 Å². The highest BCUT2D eigenvalue weighted by atomic mass is 32.2. The van der Waals surface area contributed by atoms with E-state index in [-0.39, 0.29) is 22.3 Å². The first kappa shape index (κ1) is 14.4. The Kier molecular flexibility index (Phi) is 4.25. The molecule has 0 amide bonds. The summed E-state index contributed by atoms with van der Waals surface area (Å²) in [6, 6.07) is 3.06. The fourth-order valence-electron chi connectivity index (χ4n) is 1.28. The molecular formula is C10H15N3O4S. The van der Waals surface area contributed by atoms with Crippen LogP contribution in [0, 0.1) is 10.1 Å². The summed E-state index contributed by atoms with van der Waals surface area (Å²) < 4.78 is 26.4. The lowest BCUT2D eigenvalue weighted by atomic mass is 10.3. The molecule has 3 N–H and O–H groups in total. The Morgan fingerprint density at radius 1 is 1.50 bits per heavy atom. The van der Waals surface area contributed by atoms with Crippen molar-refractivity contribution in [2.24, 2.45) is 0 Å². The standard InChI is InChI=1S/C10H15N3O4S/c1-3-7(2)12-18(16,17)10-6-8(13(14)15)4-5-9(10)11/h4-7,12H,3,11H2,1-2H3. The molecule has 1 aromatic carbocycles. The molecule has 0 aliphatic carbocycles. The molecule has 1 atom stereocenters. The van der Waals surface area contributed by atoms with Gasteiger partial charge in [-0.15, -0.1) is 0 Å². The monoisotopic (exact) mass is 273 g/mol. The molecule has 18 heavy (non-hydrogen) atoms. The number of non-ortho nitro benzene ring substituents is 1. The first-order valence-electron chi connectivity index (χ1n) is 5.34. The second kappa shape index (κ2) is 5.32. The molecule has 1 rings (SSSR count). The van der Waals surface area contributed by atoms with Gasteiger partial charge >= 0.3 is 0 Å². The predicted molar refractivity (Wildman–Crippen MR) is 67.6 cm³/mol. The smallest absolute Gasteiger partial charge is 0.270 e. The molecule has 0 aliphatic heterocycles. The molecular weight excluding hydrogens is 258 g/mol. The maximum absolute atomic E-state index is 12.0. The van der Waals surface area contributed by atoms with E-state index >= 15 is 0 Å². The van der Waals surface area contributed by atoms with E-state index < -0.39 is 14.9 Å². The van der Waals surface area contributed by atoms with E-state index in [1.54, 1.807) is 6.92 Å². The van der Waals surface area contributed by atoms with Gasteiger partial charge < -0.3 is 5.73 Å². The Morgan fingerprint density at radius 2 is 2.11 bits per heavy atom. The van der Waals surface area contributed by atoms with Crippen molar-refractivity contribution < 1.29 is 13.3 Å². The lowest BCUT2D eigenvalue weighted by Gasteiger charge is -2.13. The lowest BCUT2D eigenvalue weighted by Crippen LogP contribution is -2.32. The normalized spacial score (nSPS) is 13.2. The van der Waals surface area contributed by atoms with Crippen LogP contribution in [0.25, 0.3) is 0 Å². The van der Waals surface area contributed by atoms with Crippen LogP contribution in [0.15, 0.2) is 23.1 Å². The zero-order valence-corrected chi connectivity index (χ0v) is 10.9. The summed E-state index contributed by atoms with van der Waals surface area (Å²) in [6.45, 7) is 3.52. The van der Waals surface area contributed by atoms with Crippen molar-refractivity contribution in [3.05, 3.63) is 28.3 Å². The molecule has 1 unspecified atom stereocenters. The van der Waals surface area contributed by atoms with E-state index in [9.17, 15) is 18.5 Å². The van der Waals surface area contributed by atoms with Gasteiger partial charge in [0.25, 0.3) is 5.69 Å². The Hall–Kier alpha value is -1.67. The molecule has 0 aromatic heterocycles. The first-order chi connectivity index (χ1) is 8.27. The van der Waals surface area contributed by atoms with E-state index in [2.05, 4.69) is 4.72 Å². The van der Waals surface area contributed by atoms with Gasteiger partial charge in [0.2, 0.25) is 10.0 Å². The van der Waals surface area contributed by atoms with E-state index in [0.29, 0.717) is 6.42 Å². The summed E-state index contributed by atoms with van der Waals surface area (Å²) in [6.07, 6.45) is 0.605. The number of nitro benzene ring substituents is 1. The fraction of sp³-hybridized carbons (Fsp3) is 0.400. The number of rotatable bonds is 5. The summed E-state index contributed by atoms with van der Waals surface area (Å²) in [5.74, 6) is 0. The van der Waals surface area contributed by atoms with Crippen LogP contribution in [0.3, 0.4) is 0 Å². The molecule has 0 heterocycles. The Labute approximate surface area is 105 Å². The number of sulfonamides is 1. The van der Waals surface area contributed by atoms with Gasteiger partial charge in [-0.3, -0.25) is 10.1 Å².